The smallest absolute Gasteiger partial charge is 0.136 e. The maximum atomic E-state index is 6.04. The first kappa shape index (κ1) is 12.5. The van der Waals surface area contributed by atoms with Gasteiger partial charge in [-0.25, -0.2) is 4.68 Å². The molecule has 1 heterocycles. The number of nitrogens with two attached hydrogens (primary N) is 1. The molecule has 1 aliphatic carbocycles. The Morgan fingerprint density at radius 2 is 2.26 bits per heavy atom. The number of benzene rings is 1. The van der Waals surface area contributed by atoms with Crippen LogP contribution in [-0.2, 0) is 12.8 Å². The molecule has 1 aromatic heterocycles. The zero-order valence-corrected chi connectivity index (χ0v) is 12.4. The molecule has 1 aromatic carbocycles. The summed E-state index contributed by atoms with van der Waals surface area (Å²) in [5, 5.41) is 4.37. The molecule has 19 heavy (non-hydrogen) atoms. The van der Waals surface area contributed by atoms with Gasteiger partial charge in [0, 0.05) is 0 Å². The molecule has 1 aliphatic rings. The molecule has 0 spiro atoms. The molecule has 1 atom stereocenters. The van der Waals surface area contributed by atoms with Crippen LogP contribution in [-0.4, -0.2) is 16.9 Å². The first-order valence-corrected chi connectivity index (χ1v) is 7.12. The highest BCUT2D eigenvalue weighted by atomic mass is 79.9. The summed E-state index contributed by atoms with van der Waals surface area (Å²) in [7, 11) is 1.70. The van der Waals surface area contributed by atoms with Gasteiger partial charge in [0.25, 0.3) is 0 Å². The summed E-state index contributed by atoms with van der Waals surface area (Å²) in [5.74, 6) is 1.62. The monoisotopic (exact) mass is 321 g/mol. The molecule has 0 fully saturated rings. The minimum atomic E-state index is 0.325. The van der Waals surface area contributed by atoms with E-state index in [0.29, 0.717) is 11.9 Å². The van der Waals surface area contributed by atoms with Crippen molar-refractivity contribution in [3.63, 3.8) is 0 Å². The normalized spacial score (nSPS) is 18.1. The maximum absolute atomic E-state index is 6.04. The van der Waals surface area contributed by atoms with Gasteiger partial charge in [0.2, 0.25) is 0 Å². The van der Waals surface area contributed by atoms with Crippen LogP contribution in [0.4, 0.5) is 5.82 Å². The highest BCUT2D eigenvalue weighted by Crippen LogP contribution is 2.33. The molecule has 0 radical (unpaired) electrons. The lowest BCUT2D eigenvalue weighted by Gasteiger charge is -2.26. The van der Waals surface area contributed by atoms with Gasteiger partial charge in [0.1, 0.15) is 11.6 Å². The predicted molar refractivity (Wildman–Crippen MR) is 78.4 cm³/mol. The lowest BCUT2D eigenvalue weighted by atomic mass is 9.88. The van der Waals surface area contributed by atoms with Gasteiger partial charge in [-0.2, -0.15) is 5.10 Å². The van der Waals surface area contributed by atoms with Gasteiger partial charge in [-0.05, 0) is 58.5 Å². The van der Waals surface area contributed by atoms with Crippen LogP contribution in [0.15, 0.2) is 28.9 Å². The van der Waals surface area contributed by atoms with Gasteiger partial charge >= 0.3 is 0 Å². The molecule has 0 saturated heterocycles. The Hall–Kier alpha value is -1.49. The van der Waals surface area contributed by atoms with E-state index in [4.69, 9.17) is 10.5 Å². The van der Waals surface area contributed by atoms with E-state index in [1.54, 1.807) is 13.3 Å². The van der Waals surface area contributed by atoms with Crippen molar-refractivity contribution < 1.29 is 4.74 Å². The van der Waals surface area contributed by atoms with Crippen molar-refractivity contribution in [2.45, 2.75) is 25.3 Å². The van der Waals surface area contributed by atoms with Gasteiger partial charge in [-0.1, -0.05) is 6.07 Å². The molecule has 4 nitrogen and oxygen atoms in total. The Labute approximate surface area is 120 Å². The molecule has 2 aromatic rings. The van der Waals surface area contributed by atoms with Crippen molar-refractivity contribution in [2.24, 2.45) is 0 Å². The summed E-state index contributed by atoms with van der Waals surface area (Å²) in [6, 6.07) is 6.63. The Bertz CT molecular complexity index is 609. The van der Waals surface area contributed by atoms with Crippen molar-refractivity contribution in [1.29, 1.82) is 0 Å². The Morgan fingerprint density at radius 1 is 1.42 bits per heavy atom. The van der Waals surface area contributed by atoms with Crippen LogP contribution in [0, 0.1) is 0 Å². The summed E-state index contributed by atoms with van der Waals surface area (Å²) in [4.78, 5) is 0. The van der Waals surface area contributed by atoms with E-state index >= 15 is 0 Å². The molecule has 3 rings (SSSR count). The number of ether oxygens (including phenoxy) is 1. The number of fused-ring (bicyclic) bond motifs is 1. The zero-order valence-electron chi connectivity index (χ0n) is 10.8. The van der Waals surface area contributed by atoms with Crippen LogP contribution in [0.25, 0.3) is 0 Å². The van der Waals surface area contributed by atoms with E-state index in [0.717, 1.165) is 29.5 Å². The van der Waals surface area contributed by atoms with Gasteiger partial charge in [-0.15, -0.1) is 0 Å². The number of anilines is 1. The quantitative estimate of drug-likeness (QED) is 0.925. The second-order valence-electron chi connectivity index (χ2n) is 4.85. The maximum Gasteiger partial charge on any atom is 0.136 e. The SMILES string of the molecule is COc1ccc2c(c1)CC(n1ncc(Br)c1N)CC2. The van der Waals surface area contributed by atoms with Crippen LogP contribution in [0.2, 0.25) is 0 Å². The Kier molecular flexibility index (Phi) is 3.22. The number of hydrogen-bond donors (Lipinski definition) is 1. The standard InChI is InChI=1S/C14H16BrN3O/c1-19-12-5-3-9-2-4-11(6-10(9)7-12)18-14(16)13(15)8-17-18/h3,5,7-8,11H,2,4,6,16H2,1H3. The van der Waals surface area contributed by atoms with Crippen molar-refractivity contribution in [3.05, 3.63) is 40.0 Å². The molecule has 0 bridgehead atoms. The molecular formula is C14H16BrN3O. The van der Waals surface area contributed by atoms with Crippen molar-refractivity contribution in [2.75, 3.05) is 12.8 Å². The number of hydrogen-bond acceptors (Lipinski definition) is 3. The summed E-state index contributed by atoms with van der Waals surface area (Å²) in [6.07, 6.45) is 4.83. The number of nitrogen functional groups attached to an aromatic ring is 1. The second kappa shape index (κ2) is 4.89. The van der Waals surface area contributed by atoms with Crippen LogP contribution in [0.5, 0.6) is 5.75 Å². The van der Waals surface area contributed by atoms with Crippen LogP contribution in [0.1, 0.15) is 23.6 Å². The predicted octanol–water partition coefficient (Wildman–Crippen LogP) is 2.97. The zero-order chi connectivity index (χ0) is 13.4. The number of methoxy groups -OCH3 is 1. The summed E-state index contributed by atoms with van der Waals surface area (Å²) < 4.78 is 8.08. The highest BCUT2D eigenvalue weighted by Gasteiger charge is 2.23. The molecule has 0 saturated carbocycles. The van der Waals surface area contributed by atoms with E-state index in [1.165, 1.54) is 11.1 Å². The number of nitrogens with zero attached hydrogens (tertiary/aromatic N) is 2. The van der Waals surface area contributed by atoms with Gasteiger partial charge < -0.3 is 10.5 Å². The van der Waals surface area contributed by atoms with Crippen molar-refractivity contribution >= 4 is 21.7 Å². The van der Waals surface area contributed by atoms with Crippen molar-refractivity contribution in [1.82, 2.24) is 9.78 Å². The largest absolute Gasteiger partial charge is 0.497 e. The Morgan fingerprint density at radius 3 is 2.95 bits per heavy atom. The van der Waals surface area contributed by atoms with Gasteiger partial charge in [0.05, 0.1) is 23.8 Å². The molecule has 0 aliphatic heterocycles. The third-order valence-corrected chi connectivity index (χ3v) is 4.36. The van der Waals surface area contributed by atoms with E-state index in [2.05, 4.69) is 33.2 Å². The third-order valence-electron chi connectivity index (χ3n) is 3.75. The summed E-state index contributed by atoms with van der Waals surface area (Å²) >= 11 is 3.41. The van der Waals surface area contributed by atoms with Crippen LogP contribution >= 0.6 is 15.9 Å². The minimum Gasteiger partial charge on any atom is -0.497 e. The van der Waals surface area contributed by atoms with E-state index < -0.39 is 0 Å². The minimum absolute atomic E-state index is 0.325. The van der Waals surface area contributed by atoms with Gasteiger partial charge in [-0.3, -0.25) is 0 Å². The fourth-order valence-corrected chi connectivity index (χ4v) is 2.96. The topological polar surface area (TPSA) is 53.1 Å². The first-order valence-electron chi connectivity index (χ1n) is 6.33. The van der Waals surface area contributed by atoms with Crippen molar-refractivity contribution in [3.8, 4) is 5.75 Å². The fraction of sp³-hybridized carbons (Fsp3) is 0.357. The summed E-state index contributed by atoms with van der Waals surface area (Å²) in [5.41, 5.74) is 8.78. The average Bonchev–Trinajstić information content (AvgIpc) is 2.78. The Balaban J connectivity index is 1.91. The molecule has 2 N–H and O–H groups in total. The van der Waals surface area contributed by atoms with Crippen LogP contribution in [0.3, 0.4) is 0 Å². The molecule has 5 heteroatoms. The fourth-order valence-electron chi connectivity index (χ4n) is 2.69. The first-order chi connectivity index (χ1) is 9.19. The van der Waals surface area contributed by atoms with Gasteiger partial charge in [0.15, 0.2) is 0 Å². The number of halogens is 1. The molecule has 1 unspecified atom stereocenters. The lowest BCUT2D eigenvalue weighted by Crippen LogP contribution is -2.21. The number of aryl methyl sites for hydroxylation is 1. The average molecular weight is 322 g/mol. The van der Waals surface area contributed by atoms with E-state index in [-0.39, 0.29) is 0 Å². The lowest BCUT2D eigenvalue weighted by molar-refractivity contribution is 0.399. The van der Waals surface area contributed by atoms with Crippen LogP contribution < -0.4 is 10.5 Å². The summed E-state index contributed by atoms with van der Waals surface area (Å²) in [6.45, 7) is 0. The highest BCUT2D eigenvalue weighted by molar-refractivity contribution is 9.10. The van der Waals surface area contributed by atoms with E-state index in [1.807, 2.05) is 10.7 Å². The number of rotatable bonds is 2. The third kappa shape index (κ3) is 2.23. The molecule has 100 valence electrons. The molecule has 0 amide bonds. The van der Waals surface area contributed by atoms with E-state index in [9.17, 15) is 0 Å². The number of aromatic nitrogens is 2. The second-order valence-corrected chi connectivity index (χ2v) is 5.71. The molecular weight excluding hydrogens is 306 g/mol.